The topological polar surface area (TPSA) is 70.4 Å². The Morgan fingerprint density at radius 1 is 1.15 bits per heavy atom. The van der Waals surface area contributed by atoms with Crippen LogP contribution in [0.25, 0.3) is 0 Å². The first-order chi connectivity index (χ1) is 12.6. The van der Waals surface area contributed by atoms with E-state index in [1.165, 1.54) is 0 Å². The molecule has 0 unspecified atom stereocenters. The van der Waals surface area contributed by atoms with E-state index in [1.54, 1.807) is 12.5 Å². The van der Waals surface area contributed by atoms with Crippen LogP contribution in [0, 0.1) is 0 Å². The minimum atomic E-state index is 0.0568. The van der Waals surface area contributed by atoms with E-state index in [1.807, 2.05) is 40.7 Å². The zero-order valence-corrected chi connectivity index (χ0v) is 15.8. The summed E-state index contributed by atoms with van der Waals surface area (Å²) in [5.74, 6) is 1.89. The SMILES string of the molecule is CCn1ncnc1CN1CCCN(C(=O)c2ccc(N(C)C)nc2)CC1. The van der Waals surface area contributed by atoms with Crippen LogP contribution in [0.1, 0.15) is 29.5 Å². The smallest absolute Gasteiger partial charge is 0.255 e. The van der Waals surface area contributed by atoms with Crippen LogP contribution in [-0.2, 0) is 13.1 Å². The number of nitrogens with zero attached hydrogens (tertiary/aromatic N) is 7. The maximum absolute atomic E-state index is 12.8. The lowest BCUT2D eigenvalue weighted by atomic mass is 10.2. The Hall–Kier alpha value is -2.48. The predicted octanol–water partition coefficient (Wildman–Crippen LogP) is 1.11. The van der Waals surface area contributed by atoms with Gasteiger partial charge in [-0.15, -0.1) is 0 Å². The Morgan fingerprint density at radius 3 is 2.69 bits per heavy atom. The molecule has 1 saturated heterocycles. The first kappa shape index (κ1) is 18.3. The van der Waals surface area contributed by atoms with Crippen LogP contribution in [0.5, 0.6) is 0 Å². The van der Waals surface area contributed by atoms with Crippen molar-refractivity contribution < 1.29 is 4.79 Å². The number of rotatable bonds is 5. The summed E-state index contributed by atoms with van der Waals surface area (Å²) in [7, 11) is 3.87. The molecule has 1 amide bonds. The molecule has 0 N–H and O–H groups in total. The van der Waals surface area contributed by atoms with Crippen molar-refractivity contribution in [3.8, 4) is 0 Å². The third-order valence-corrected chi connectivity index (χ3v) is 4.69. The molecule has 2 aromatic rings. The summed E-state index contributed by atoms with van der Waals surface area (Å²) in [6, 6.07) is 3.74. The van der Waals surface area contributed by atoms with Crippen molar-refractivity contribution in [3.05, 3.63) is 36.0 Å². The van der Waals surface area contributed by atoms with Crippen LogP contribution < -0.4 is 4.90 Å². The van der Waals surface area contributed by atoms with Gasteiger partial charge in [0, 0.05) is 53.0 Å². The second-order valence-corrected chi connectivity index (χ2v) is 6.71. The van der Waals surface area contributed by atoms with Crippen LogP contribution in [0.4, 0.5) is 5.82 Å². The molecule has 1 aliphatic heterocycles. The van der Waals surface area contributed by atoms with E-state index in [0.717, 1.165) is 50.8 Å². The molecule has 8 nitrogen and oxygen atoms in total. The average molecular weight is 357 g/mol. The highest BCUT2D eigenvalue weighted by Gasteiger charge is 2.21. The van der Waals surface area contributed by atoms with Crippen LogP contribution in [-0.4, -0.2) is 75.7 Å². The number of aromatic nitrogens is 4. The molecule has 0 spiro atoms. The van der Waals surface area contributed by atoms with Gasteiger partial charge in [0.15, 0.2) is 0 Å². The molecule has 3 heterocycles. The van der Waals surface area contributed by atoms with Gasteiger partial charge in [-0.1, -0.05) is 0 Å². The third-order valence-electron chi connectivity index (χ3n) is 4.69. The summed E-state index contributed by atoms with van der Waals surface area (Å²) >= 11 is 0. The summed E-state index contributed by atoms with van der Waals surface area (Å²) < 4.78 is 1.92. The summed E-state index contributed by atoms with van der Waals surface area (Å²) in [5, 5.41) is 4.23. The number of hydrogen-bond donors (Lipinski definition) is 0. The standard InChI is InChI=1S/C18H27N7O/c1-4-25-17(20-14-21-25)13-23-8-5-9-24(11-10-23)18(26)15-6-7-16(19-12-15)22(2)3/h6-7,12,14H,4-5,8-11,13H2,1-3H3. The second kappa shape index (κ2) is 8.27. The molecule has 0 radical (unpaired) electrons. The van der Waals surface area contributed by atoms with E-state index in [0.29, 0.717) is 12.1 Å². The molecule has 1 fully saturated rings. The maximum Gasteiger partial charge on any atom is 0.255 e. The molecule has 0 aromatic carbocycles. The van der Waals surface area contributed by atoms with Crippen molar-refractivity contribution >= 4 is 11.7 Å². The lowest BCUT2D eigenvalue weighted by Gasteiger charge is -2.22. The molecular weight excluding hydrogens is 330 g/mol. The summed E-state index contributed by atoms with van der Waals surface area (Å²) in [4.78, 5) is 27.7. The lowest BCUT2D eigenvalue weighted by Crippen LogP contribution is -2.35. The number of pyridine rings is 1. The Balaban J connectivity index is 1.60. The molecule has 1 aliphatic rings. The second-order valence-electron chi connectivity index (χ2n) is 6.71. The zero-order chi connectivity index (χ0) is 18.5. The minimum absolute atomic E-state index is 0.0568. The highest BCUT2D eigenvalue weighted by Crippen LogP contribution is 2.13. The number of carbonyl (C=O) groups is 1. The van der Waals surface area contributed by atoms with Gasteiger partial charge in [0.1, 0.15) is 18.0 Å². The number of amides is 1. The zero-order valence-electron chi connectivity index (χ0n) is 15.8. The van der Waals surface area contributed by atoms with Gasteiger partial charge in [-0.2, -0.15) is 5.10 Å². The predicted molar refractivity (Wildman–Crippen MR) is 100 cm³/mol. The Kier molecular flexibility index (Phi) is 5.82. The number of aryl methyl sites for hydroxylation is 1. The Labute approximate surface area is 154 Å². The lowest BCUT2D eigenvalue weighted by molar-refractivity contribution is 0.0760. The monoisotopic (exact) mass is 357 g/mol. The minimum Gasteiger partial charge on any atom is -0.363 e. The molecule has 140 valence electrons. The van der Waals surface area contributed by atoms with Gasteiger partial charge in [0.25, 0.3) is 5.91 Å². The van der Waals surface area contributed by atoms with Crippen LogP contribution in [0.15, 0.2) is 24.7 Å². The van der Waals surface area contributed by atoms with E-state index >= 15 is 0 Å². The first-order valence-corrected chi connectivity index (χ1v) is 9.10. The fourth-order valence-corrected chi connectivity index (χ4v) is 3.17. The Bertz CT molecular complexity index is 725. The van der Waals surface area contributed by atoms with Gasteiger partial charge in [-0.3, -0.25) is 9.69 Å². The van der Waals surface area contributed by atoms with Gasteiger partial charge in [-0.05, 0) is 25.5 Å². The Morgan fingerprint density at radius 2 is 2.00 bits per heavy atom. The fraction of sp³-hybridized carbons (Fsp3) is 0.556. The van der Waals surface area contributed by atoms with E-state index in [2.05, 4.69) is 26.9 Å². The molecule has 0 atom stereocenters. The van der Waals surface area contributed by atoms with Gasteiger partial charge in [-0.25, -0.2) is 14.6 Å². The number of hydrogen-bond acceptors (Lipinski definition) is 6. The maximum atomic E-state index is 12.8. The highest BCUT2D eigenvalue weighted by atomic mass is 16.2. The molecule has 2 aromatic heterocycles. The number of anilines is 1. The van der Waals surface area contributed by atoms with Crippen LogP contribution >= 0.6 is 0 Å². The molecular formula is C18H27N7O. The molecule has 0 bridgehead atoms. The van der Waals surface area contributed by atoms with E-state index in [-0.39, 0.29) is 5.91 Å². The quantitative estimate of drug-likeness (QED) is 0.798. The molecule has 26 heavy (non-hydrogen) atoms. The molecule has 3 rings (SSSR count). The fourth-order valence-electron chi connectivity index (χ4n) is 3.17. The van der Waals surface area contributed by atoms with Crippen LogP contribution in [0.2, 0.25) is 0 Å². The third kappa shape index (κ3) is 4.19. The van der Waals surface area contributed by atoms with E-state index < -0.39 is 0 Å². The van der Waals surface area contributed by atoms with Gasteiger partial charge >= 0.3 is 0 Å². The van der Waals surface area contributed by atoms with E-state index in [4.69, 9.17) is 0 Å². The van der Waals surface area contributed by atoms with Gasteiger partial charge < -0.3 is 9.80 Å². The van der Waals surface area contributed by atoms with Crippen molar-refractivity contribution in [2.24, 2.45) is 0 Å². The normalized spacial score (nSPS) is 15.7. The molecule has 8 heteroatoms. The summed E-state index contributed by atoms with van der Waals surface area (Å²) in [6.45, 7) is 6.94. The summed E-state index contributed by atoms with van der Waals surface area (Å²) in [6.07, 6.45) is 4.23. The largest absolute Gasteiger partial charge is 0.363 e. The van der Waals surface area contributed by atoms with Crippen molar-refractivity contribution in [1.29, 1.82) is 0 Å². The van der Waals surface area contributed by atoms with E-state index in [9.17, 15) is 4.79 Å². The van der Waals surface area contributed by atoms with Gasteiger partial charge in [0.05, 0.1) is 12.1 Å². The molecule has 0 saturated carbocycles. The summed E-state index contributed by atoms with van der Waals surface area (Å²) in [5.41, 5.74) is 0.648. The first-order valence-electron chi connectivity index (χ1n) is 9.10. The van der Waals surface area contributed by atoms with Crippen molar-refractivity contribution in [2.45, 2.75) is 26.4 Å². The average Bonchev–Trinajstić information content (AvgIpc) is 2.97. The highest BCUT2D eigenvalue weighted by molar-refractivity contribution is 5.94. The van der Waals surface area contributed by atoms with Crippen LogP contribution in [0.3, 0.4) is 0 Å². The number of carbonyl (C=O) groups excluding carboxylic acids is 1. The van der Waals surface area contributed by atoms with Gasteiger partial charge in [0.2, 0.25) is 0 Å². The van der Waals surface area contributed by atoms with Crippen molar-refractivity contribution in [2.75, 3.05) is 45.2 Å². The molecule has 0 aliphatic carbocycles. The van der Waals surface area contributed by atoms with Crippen molar-refractivity contribution in [3.63, 3.8) is 0 Å². The van der Waals surface area contributed by atoms with Crippen molar-refractivity contribution in [1.82, 2.24) is 29.5 Å².